The predicted octanol–water partition coefficient (Wildman–Crippen LogP) is 0.540. The molecular formula is C20H25NO10S. The van der Waals surface area contributed by atoms with Crippen LogP contribution in [0.4, 0.5) is 0 Å². The van der Waals surface area contributed by atoms with Gasteiger partial charge < -0.3 is 23.7 Å². The highest BCUT2D eigenvalue weighted by molar-refractivity contribution is 7.89. The predicted molar refractivity (Wildman–Crippen MR) is 106 cm³/mol. The summed E-state index contributed by atoms with van der Waals surface area (Å²) in [6.07, 6.45) is -6.48. The van der Waals surface area contributed by atoms with E-state index < -0.39 is 64.4 Å². The first-order valence-electron chi connectivity index (χ1n) is 9.79. The van der Waals surface area contributed by atoms with Gasteiger partial charge in [-0.2, -0.15) is 4.72 Å². The zero-order valence-electron chi connectivity index (χ0n) is 18.2. The van der Waals surface area contributed by atoms with Crippen molar-refractivity contribution in [3.8, 4) is 0 Å². The Bertz CT molecular complexity index is 1010. The average molecular weight is 471 g/mol. The Morgan fingerprint density at radius 2 is 1.44 bits per heavy atom. The molecule has 6 atom stereocenters. The number of aryl methyl sites for hydroxylation is 1. The second-order valence-electron chi connectivity index (χ2n) is 7.75. The molecule has 2 heterocycles. The molecule has 0 aromatic heterocycles. The Balaban J connectivity index is 1.99. The van der Waals surface area contributed by atoms with E-state index >= 15 is 0 Å². The molecule has 32 heavy (non-hydrogen) atoms. The molecule has 2 saturated heterocycles. The van der Waals surface area contributed by atoms with Crippen LogP contribution in [0.3, 0.4) is 0 Å². The van der Waals surface area contributed by atoms with Crippen molar-refractivity contribution in [2.24, 2.45) is 0 Å². The van der Waals surface area contributed by atoms with Crippen LogP contribution in [-0.4, -0.2) is 62.8 Å². The van der Waals surface area contributed by atoms with Crippen LogP contribution in [0.15, 0.2) is 29.2 Å². The van der Waals surface area contributed by atoms with Crippen LogP contribution in [0, 0.1) is 6.92 Å². The summed E-state index contributed by atoms with van der Waals surface area (Å²) in [6, 6.07) is 6.12. The van der Waals surface area contributed by atoms with E-state index in [1.165, 1.54) is 19.1 Å². The summed E-state index contributed by atoms with van der Waals surface area (Å²) < 4.78 is 55.8. The highest BCUT2D eigenvalue weighted by Gasteiger charge is 2.66. The summed E-state index contributed by atoms with van der Waals surface area (Å²) in [5.74, 6) is -3.89. The van der Waals surface area contributed by atoms with Gasteiger partial charge in [-0.1, -0.05) is 17.7 Å². The number of esters is 3. The smallest absolute Gasteiger partial charge is 0.303 e. The Morgan fingerprint density at radius 3 is 1.97 bits per heavy atom. The summed E-state index contributed by atoms with van der Waals surface area (Å²) >= 11 is 0. The Morgan fingerprint density at radius 1 is 0.906 bits per heavy atom. The number of nitrogens with one attached hydrogen (secondary N) is 1. The fourth-order valence-corrected chi connectivity index (χ4v) is 4.86. The van der Waals surface area contributed by atoms with E-state index in [2.05, 4.69) is 4.72 Å². The van der Waals surface area contributed by atoms with Crippen molar-refractivity contribution in [1.82, 2.24) is 4.72 Å². The van der Waals surface area contributed by atoms with E-state index in [0.717, 1.165) is 26.3 Å². The molecule has 0 aliphatic carbocycles. The molecule has 0 unspecified atom stereocenters. The Labute approximate surface area is 185 Å². The fourth-order valence-electron chi connectivity index (χ4n) is 3.74. The molecule has 0 spiro atoms. The largest absolute Gasteiger partial charge is 0.455 e. The van der Waals surface area contributed by atoms with Crippen LogP contribution in [0.1, 0.15) is 33.3 Å². The van der Waals surface area contributed by atoms with Crippen LogP contribution in [0.5, 0.6) is 0 Å². The molecule has 1 aromatic rings. The van der Waals surface area contributed by atoms with Gasteiger partial charge in [-0.15, -0.1) is 0 Å². The van der Waals surface area contributed by atoms with Crippen molar-refractivity contribution >= 4 is 27.9 Å². The molecular weight excluding hydrogens is 446 g/mol. The zero-order valence-corrected chi connectivity index (χ0v) is 19.0. The summed E-state index contributed by atoms with van der Waals surface area (Å²) in [4.78, 5) is 35.2. The molecule has 0 radical (unpaired) electrons. The second kappa shape index (κ2) is 8.77. The topological polar surface area (TPSA) is 144 Å². The number of carbonyl (C=O) groups excluding carboxylic acids is 3. The third kappa shape index (κ3) is 4.93. The molecule has 2 fully saturated rings. The minimum Gasteiger partial charge on any atom is -0.455 e. The number of sulfonamides is 1. The number of ether oxygens (including phenoxy) is 5. The van der Waals surface area contributed by atoms with Crippen LogP contribution < -0.4 is 4.72 Å². The molecule has 2 aliphatic heterocycles. The van der Waals surface area contributed by atoms with Gasteiger partial charge in [0.15, 0.2) is 24.5 Å². The maximum atomic E-state index is 12.9. The highest BCUT2D eigenvalue weighted by atomic mass is 32.2. The molecule has 1 N–H and O–H groups in total. The monoisotopic (exact) mass is 471 g/mol. The van der Waals surface area contributed by atoms with Crippen molar-refractivity contribution in [3.63, 3.8) is 0 Å². The molecule has 0 saturated carbocycles. The molecule has 2 aliphatic rings. The van der Waals surface area contributed by atoms with Gasteiger partial charge in [0, 0.05) is 20.8 Å². The van der Waals surface area contributed by atoms with Gasteiger partial charge in [0.25, 0.3) is 0 Å². The van der Waals surface area contributed by atoms with Gasteiger partial charge in [-0.25, -0.2) is 8.42 Å². The van der Waals surface area contributed by atoms with Crippen molar-refractivity contribution in [1.29, 1.82) is 0 Å². The van der Waals surface area contributed by atoms with Gasteiger partial charge in [-0.3, -0.25) is 14.4 Å². The molecule has 0 amide bonds. The Kier molecular flexibility index (Phi) is 6.61. The van der Waals surface area contributed by atoms with Crippen LogP contribution >= 0.6 is 0 Å². The summed E-state index contributed by atoms with van der Waals surface area (Å²) in [5, 5.41) is 0. The number of carbonyl (C=O) groups is 3. The quantitative estimate of drug-likeness (QED) is 0.461. The van der Waals surface area contributed by atoms with E-state index in [-0.39, 0.29) is 4.90 Å². The second-order valence-corrected chi connectivity index (χ2v) is 9.46. The van der Waals surface area contributed by atoms with Crippen molar-refractivity contribution in [3.05, 3.63) is 29.8 Å². The number of benzene rings is 1. The van der Waals surface area contributed by atoms with Crippen LogP contribution in [0.2, 0.25) is 0 Å². The zero-order chi connectivity index (χ0) is 23.8. The van der Waals surface area contributed by atoms with E-state index in [1.807, 2.05) is 6.92 Å². The van der Waals surface area contributed by atoms with Crippen LogP contribution in [0.25, 0.3) is 0 Å². The van der Waals surface area contributed by atoms with Gasteiger partial charge in [-0.05, 0) is 26.0 Å². The van der Waals surface area contributed by atoms with Crippen LogP contribution in [-0.2, 0) is 48.1 Å². The first-order valence-corrected chi connectivity index (χ1v) is 11.3. The van der Waals surface area contributed by atoms with Gasteiger partial charge in [0.05, 0.1) is 4.90 Å². The average Bonchev–Trinajstić information content (AvgIpc) is 2.95. The van der Waals surface area contributed by atoms with Crippen molar-refractivity contribution in [2.45, 2.75) is 75.9 Å². The fraction of sp³-hybridized carbons (Fsp3) is 0.550. The lowest BCUT2D eigenvalue weighted by Crippen LogP contribution is -2.63. The Hall–Kier alpha value is -2.54. The van der Waals surface area contributed by atoms with E-state index in [9.17, 15) is 22.8 Å². The first kappa shape index (κ1) is 24.1. The van der Waals surface area contributed by atoms with Crippen molar-refractivity contribution < 1.29 is 46.5 Å². The molecule has 12 heteroatoms. The number of rotatable bonds is 6. The highest BCUT2D eigenvalue weighted by Crippen LogP contribution is 2.44. The van der Waals surface area contributed by atoms with E-state index in [1.54, 1.807) is 12.1 Å². The maximum absolute atomic E-state index is 12.9. The van der Waals surface area contributed by atoms with Gasteiger partial charge in [0.2, 0.25) is 15.8 Å². The first-order chi connectivity index (χ1) is 14.8. The summed E-state index contributed by atoms with van der Waals surface area (Å²) in [6.45, 7) is 6.62. The van der Waals surface area contributed by atoms with E-state index in [0.29, 0.717) is 0 Å². The summed E-state index contributed by atoms with van der Waals surface area (Å²) in [7, 11) is -4.07. The number of hydrogen-bond acceptors (Lipinski definition) is 10. The lowest BCUT2D eigenvalue weighted by molar-refractivity contribution is -0.295. The third-order valence-electron chi connectivity index (χ3n) is 4.99. The standard InChI is InChI=1S/C20H25NO10S/c1-10-6-8-14(9-7-10)32(25,26)21-19-17-15(27-11(2)22)16(28-12(3)23)18(29-13(4)24)20(5,30-17)31-19/h6-9,15-19,21H,1-5H3/t15-,16-,17+,18-,19-,20+/m0/s1. The normalized spacial score (nSPS) is 31.6. The maximum Gasteiger partial charge on any atom is 0.303 e. The van der Waals surface area contributed by atoms with Gasteiger partial charge >= 0.3 is 17.9 Å². The lowest BCUT2D eigenvalue weighted by atomic mass is 9.94. The lowest BCUT2D eigenvalue weighted by Gasteiger charge is -2.43. The molecule has 3 rings (SSSR count). The molecule has 1 aromatic carbocycles. The molecule has 11 nitrogen and oxygen atoms in total. The van der Waals surface area contributed by atoms with E-state index in [4.69, 9.17) is 23.7 Å². The molecule has 2 bridgehead atoms. The third-order valence-corrected chi connectivity index (χ3v) is 6.43. The van der Waals surface area contributed by atoms with Crippen molar-refractivity contribution in [2.75, 3.05) is 0 Å². The van der Waals surface area contributed by atoms with Gasteiger partial charge in [0.1, 0.15) is 6.10 Å². The number of fused-ring (bicyclic) bond motifs is 2. The minimum atomic E-state index is -4.07. The SMILES string of the molecule is CC(=O)O[C@@H]1[C@H]2O[C@](C)(O[C@@H]2NS(=O)(=O)c2ccc(C)cc2)[C@@H](OC(C)=O)[C@H]1OC(C)=O. The molecule has 176 valence electrons. The minimum absolute atomic E-state index is 0.0181. The summed E-state index contributed by atoms with van der Waals surface area (Å²) in [5.41, 5.74) is 0.871. The number of hydrogen-bond donors (Lipinski definition) is 1.